The third kappa shape index (κ3) is 1.40. The molecular formula is C10H13ClN2. The lowest BCUT2D eigenvalue weighted by Gasteiger charge is -2.23. The number of fused-ring (bicyclic) bond motifs is 1. The molecule has 0 heterocycles. The zero-order valence-corrected chi connectivity index (χ0v) is 8.14. The minimum absolute atomic E-state index is 0.142. The van der Waals surface area contributed by atoms with E-state index in [1.54, 1.807) is 0 Å². The molecule has 1 aromatic rings. The van der Waals surface area contributed by atoms with Crippen LogP contribution in [0.25, 0.3) is 0 Å². The molecule has 1 aromatic carbocycles. The Morgan fingerprint density at radius 3 is 2.92 bits per heavy atom. The number of rotatable bonds is 0. The number of hydrogen-bond donors (Lipinski definition) is 2. The van der Waals surface area contributed by atoms with Gasteiger partial charge in [0.15, 0.2) is 0 Å². The van der Waals surface area contributed by atoms with Gasteiger partial charge in [0.2, 0.25) is 0 Å². The molecule has 1 atom stereocenters. The average molecular weight is 197 g/mol. The van der Waals surface area contributed by atoms with Crippen LogP contribution in [0.3, 0.4) is 0 Å². The molecule has 1 aliphatic carbocycles. The molecule has 0 unspecified atom stereocenters. The van der Waals surface area contributed by atoms with Crippen LogP contribution < -0.4 is 11.5 Å². The third-order valence-electron chi connectivity index (χ3n) is 2.68. The Morgan fingerprint density at radius 2 is 2.15 bits per heavy atom. The topological polar surface area (TPSA) is 52.0 Å². The van der Waals surface area contributed by atoms with Gasteiger partial charge in [-0.25, -0.2) is 0 Å². The first kappa shape index (κ1) is 8.85. The minimum Gasteiger partial charge on any atom is -0.397 e. The highest BCUT2D eigenvalue weighted by Crippen LogP contribution is 2.35. The van der Waals surface area contributed by atoms with Crippen LogP contribution in [-0.2, 0) is 6.42 Å². The van der Waals surface area contributed by atoms with E-state index in [2.05, 4.69) is 0 Å². The summed E-state index contributed by atoms with van der Waals surface area (Å²) in [5.74, 6) is 0. The number of nitrogens with two attached hydrogens (primary N) is 2. The Hall–Kier alpha value is -0.730. The van der Waals surface area contributed by atoms with Crippen LogP contribution >= 0.6 is 11.6 Å². The summed E-state index contributed by atoms with van der Waals surface area (Å²) in [5.41, 5.74) is 14.9. The molecule has 0 spiro atoms. The van der Waals surface area contributed by atoms with Gasteiger partial charge in [-0.15, -0.1) is 0 Å². The van der Waals surface area contributed by atoms with Crippen molar-refractivity contribution in [2.24, 2.45) is 5.73 Å². The van der Waals surface area contributed by atoms with Crippen LogP contribution in [0.2, 0.25) is 5.02 Å². The summed E-state index contributed by atoms with van der Waals surface area (Å²) in [5, 5.41) is 0.646. The Labute approximate surface area is 82.9 Å². The van der Waals surface area contributed by atoms with E-state index in [0.717, 1.165) is 24.8 Å². The zero-order chi connectivity index (χ0) is 9.42. The molecule has 2 rings (SSSR count). The van der Waals surface area contributed by atoms with Gasteiger partial charge in [-0.2, -0.15) is 0 Å². The second-order valence-electron chi connectivity index (χ2n) is 3.53. The summed E-state index contributed by atoms with van der Waals surface area (Å²) < 4.78 is 0. The highest BCUT2D eigenvalue weighted by molar-refractivity contribution is 6.33. The van der Waals surface area contributed by atoms with Crippen LogP contribution in [0.5, 0.6) is 0 Å². The summed E-state index contributed by atoms with van der Waals surface area (Å²) in [6, 6.07) is 3.97. The Balaban J connectivity index is 2.56. The maximum absolute atomic E-state index is 5.97. The van der Waals surface area contributed by atoms with E-state index < -0.39 is 0 Å². The second kappa shape index (κ2) is 3.20. The molecule has 0 fully saturated rings. The molecule has 1 aliphatic rings. The number of nitrogen functional groups attached to an aromatic ring is 1. The molecule has 0 amide bonds. The van der Waals surface area contributed by atoms with E-state index in [4.69, 9.17) is 23.1 Å². The van der Waals surface area contributed by atoms with Gasteiger partial charge in [0.25, 0.3) is 0 Å². The summed E-state index contributed by atoms with van der Waals surface area (Å²) in [4.78, 5) is 0. The van der Waals surface area contributed by atoms with Crippen molar-refractivity contribution in [1.29, 1.82) is 0 Å². The minimum atomic E-state index is 0.142. The lowest BCUT2D eigenvalue weighted by atomic mass is 9.87. The quantitative estimate of drug-likeness (QED) is 0.626. The fourth-order valence-corrected chi connectivity index (χ4v) is 2.11. The van der Waals surface area contributed by atoms with Gasteiger partial charge >= 0.3 is 0 Å². The van der Waals surface area contributed by atoms with Gasteiger partial charge in [0.05, 0.1) is 10.7 Å². The van der Waals surface area contributed by atoms with Crippen molar-refractivity contribution in [1.82, 2.24) is 0 Å². The smallest absolute Gasteiger partial charge is 0.0638 e. The summed E-state index contributed by atoms with van der Waals surface area (Å²) in [7, 11) is 0. The normalized spacial score (nSPS) is 21.2. The van der Waals surface area contributed by atoms with Crippen molar-refractivity contribution < 1.29 is 0 Å². The molecule has 4 N–H and O–H groups in total. The van der Waals surface area contributed by atoms with Gasteiger partial charge < -0.3 is 11.5 Å². The highest BCUT2D eigenvalue weighted by atomic mass is 35.5. The number of halogens is 1. The molecule has 13 heavy (non-hydrogen) atoms. The maximum Gasteiger partial charge on any atom is 0.0638 e. The predicted octanol–water partition coefficient (Wildman–Crippen LogP) is 2.26. The summed E-state index contributed by atoms with van der Waals surface area (Å²) in [6.45, 7) is 0. The largest absolute Gasteiger partial charge is 0.397 e. The molecule has 0 bridgehead atoms. The second-order valence-corrected chi connectivity index (χ2v) is 3.93. The van der Waals surface area contributed by atoms with Gasteiger partial charge in [0, 0.05) is 6.04 Å². The first-order chi connectivity index (χ1) is 6.20. The fourth-order valence-electron chi connectivity index (χ4n) is 1.93. The van der Waals surface area contributed by atoms with Crippen LogP contribution in [0.15, 0.2) is 12.1 Å². The molecule has 3 heteroatoms. The van der Waals surface area contributed by atoms with Gasteiger partial charge in [0.1, 0.15) is 0 Å². The third-order valence-corrected chi connectivity index (χ3v) is 3.01. The molecular weight excluding hydrogens is 184 g/mol. The molecule has 0 aliphatic heterocycles. The zero-order valence-electron chi connectivity index (χ0n) is 7.39. The lowest BCUT2D eigenvalue weighted by molar-refractivity contribution is 0.571. The molecule has 0 saturated carbocycles. The predicted molar refractivity (Wildman–Crippen MR) is 55.7 cm³/mol. The van der Waals surface area contributed by atoms with E-state index in [9.17, 15) is 0 Å². The van der Waals surface area contributed by atoms with Crippen molar-refractivity contribution >= 4 is 17.3 Å². The van der Waals surface area contributed by atoms with Crippen molar-refractivity contribution in [2.75, 3.05) is 5.73 Å². The van der Waals surface area contributed by atoms with Crippen molar-refractivity contribution in [3.8, 4) is 0 Å². The van der Waals surface area contributed by atoms with Gasteiger partial charge in [-0.05, 0) is 36.5 Å². The molecule has 2 nitrogen and oxygen atoms in total. The van der Waals surface area contributed by atoms with Crippen molar-refractivity contribution in [3.05, 3.63) is 28.3 Å². The van der Waals surface area contributed by atoms with E-state index >= 15 is 0 Å². The molecule has 70 valence electrons. The highest BCUT2D eigenvalue weighted by Gasteiger charge is 2.19. The van der Waals surface area contributed by atoms with Crippen LogP contribution in [0.4, 0.5) is 5.69 Å². The SMILES string of the molecule is Nc1c(Cl)ccc2c1CCC[C@H]2N. The van der Waals surface area contributed by atoms with Crippen LogP contribution in [-0.4, -0.2) is 0 Å². The molecule has 0 radical (unpaired) electrons. The standard InChI is InChI=1S/C10H13ClN2/c11-8-5-4-6-7(10(8)13)2-1-3-9(6)12/h4-5,9H,1-3,12-13H2/t9-/m1/s1. The number of benzene rings is 1. The van der Waals surface area contributed by atoms with E-state index in [0.29, 0.717) is 10.7 Å². The van der Waals surface area contributed by atoms with Crippen molar-refractivity contribution in [3.63, 3.8) is 0 Å². The lowest BCUT2D eigenvalue weighted by Crippen LogP contribution is -2.18. The van der Waals surface area contributed by atoms with E-state index in [1.165, 1.54) is 5.56 Å². The van der Waals surface area contributed by atoms with Crippen molar-refractivity contribution in [2.45, 2.75) is 25.3 Å². The van der Waals surface area contributed by atoms with Crippen LogP contribution in [0.1, 0.15) is 30.0 Å². The Kier molecular flexibility index (Phi) is 2.18. The fraction of sp³-hybridized carbons (Fsp3) is 0.400. The van der Waals surface area contributed by atoms with E-state index in [1.807, 2.05) is 12.1 Å². The van der Waals surface area contributed by atoms with Gasteiger partial charge in [-0.3, -0.25) is 0 Å². The van der Waals surface area contributed by atoms with Crippen LogP contribution in [0, 0.1) is 0 Å². The van der Waals surface area contributed by atoms with E-state index in [-0.39, 0.29) is 6.04 Å². The summed E-state index contributed by atoms with van der Waals surface area (Å²) >= 11 is 5.93. The van der Waals surface area contributed by atoms with Gasteiger partial charge in [-0.1, -0.05) is 17.7 Å². The molecule has 0 saturated heterocycles. The monoisotopic (exact) mass is 196 g/mol. The molecule has 0 aromatic heterocycles. The number of anilines is 1. The maximum atomic E-state index is 5.97. The first-order valence-corrected chi connectivity index (χ1v) is 4.90. The number of hydrogen-bond acceptors (Lipinski definition) is 2. The average Bonchev–Trinajstić information content (AvgIpc) is 2.12. The first-order valence-electron chi connectivity index (χ1n) is 4.52. The Morgan fingerprint density at radius 1 is 1.38 bits per heavy atom. The Bertz CT molecular complexity index is 336. The summed E-state index contributed by atoms with van der Waals surface area (Å²) in [6.07, 6.45) is 3.17.